The number of pyridine rings is 1. The summed E-state index contributed by atoms with van der Waals surface area (Å²) in [5, 5.41) is 13.1. The van der Waals surface area contributed by atoms with Crippen molar-refractivity contribution in [1.29, 1.82) is 0 Å². The number of amides is 1. The Bertz CT molecular complexity index is 592. The normalized spacial score (nSPS) is 13.3. The van der Waals surface area contributed by atoms with Crippen LogP contribution >= 0.6 is 11.8 Å². The van der Waals surface area contributed by atoms with E-state index in [2.05, 4.69) is 10.3 Å². The van der Waals surface area contributed by atoms with Crippen molar-refractivity contribution in [2.45, 2.75) is 31.2 Å². The molecule has 2 aromatic rings. The predicted octanol–water partition coefficient (Wildman–Crippen LogP) is 2.94. The van der Waals surface area contributed by atoms with Gasteiger partial charge in [-0.15, -0.1) is 11.8 Å². The highest BCUT2D eigenvalue weighted by atomic mass is 32.2. The van der Waals surface area contributed by atoms with E-state index >= 15 is 0 Å². The van der Waals surface area contributed by atoms with Crippen molar-refractivity contribution in [3.05, 3.63) is 66.0 Å². The minimum absolute atomic E-state index is 0.00295. The number of thioether (sulfide) groups is 1. The third kappa shape index (κ3) is 6.42. The summed E-state index contributed by atoms with van der Waals surface area (Å²) in [5.41, 5.74) is 2.03. The summed E-state index contributed by atoms with van der Waals surface area (Å²) in [6.45, 7) is 1.91. The van der Waals surface area contributed by atoms with E-state index in [1.807, 2.05) is 49.4 Å². The second-order valence-electron chi connectivity index (χ2n) is 5.48. The van der Waals surface area contributed by atoms with Crippen molar-refractivity contribution >= 4 is 17.7 Å². The van der Waals surface area contributed by atoms with Gasteiger partial charge in [-0.25, -0.2) is 0 Å². The van der Waals surface area contributed by atoms with Crippen LogP contribution in [0.4, 0.5) is 0 Å². The van der Waals surface area contributed by atoms with Crippen LogP contribution in [0.25, 0.3) is 0 Å². The lowest BCUT2D eigenvalue weighted by Gasteiger charge is -2.18. The summed E-state index contributed by atoms with van der Waals surface area (Å²) in [4.78, 5) is 15.9. The van der Waals surface area contributed by atoms with Gasteiger partial charge < -0.3 is 10.4 Å². The zero-order valence-electron chi connectivity index (χ0n) is 13.2. The molecule has 1 heterocycles. The SMILES string of the molecule is CC(CC(O)c1ccccc1)NC(=O)CSCc1ccncc1. The van der Waals surface area contributed by atoms with E-state index in [9.17, 15) is 9.90 Å². The van der Waals surface area contributed by atoms with Crippen LogP contribution in [0.1, 0.15) is 30.6 Å². The first-order valence-electron chi connectivity index (χ1n) is 7.64. The zero-order chi connectivity index (χ0) is 16.5. The average molecular weight is 330 g/mol. The van der Waals surface area contributed by atoms with E-state index in [0.29, 0.717) is 12.2 Å². The lowest BCUT2D eigenvalue weighted by molar-refractivity contribution is -0.119. The Morgan fingerprint density at radius 3 is 2.61 bits per heavy atom. The number of nitrogens with zero attached hydrogens (tertiary/aromatic N) is 1. The Morgan fingerprint density at radius 2 is 1.91 bits per heavy atom. The second kappa shape index (κ2) is 9.33. The summed E-state index contributed by atoms with van der Waals surface area (Å²) < 4.78 is 0. The van der Waals surface area contributed by atoms with Crippen molar-refractivity contribution in [2.24, 2.45) is 0 Å². The first-order valence-corrected chi connectivity index (χ1v) is 8.79. The number of aliphatic hydroxyl groups excluding tert-OH is 1. The van der Waals surface area contributed by atoms with Gasteiger partial charge in [0.25, 0.3) is 0 Å². The Morgan fingerprint density at radius 1 is 1.22 bits per heavy atom. The summed E-state index contributed by atoms with van der Waals surface area (Å²) >= 11 is 1.57. The molecule has 23 heavy (non-hydrogen) atoms. The standard InChI is InChI=1S/C18H22N2O2S/c1-14(11-17(21)16-5-3-2-4-6-16)20-18(22)13-23-12-15-7-9-19-10-8-15/h2-10,14,17,21H,11-13H2,1H3,(H,20,22). The van der Waals surface area contributed by atoms with E-state index in [0.717, 1.165) is 16.9 Å². The van der Waals surface area contributed by atoms with Gasteiger partial charge in [0.2, 0.25) is 5.91 Å². The quantitative estimate of drug-likeness (QED) is 0.781. The molecule has 2 N–H and O–H groups in total. The van der Waals surface area contributed by atoms with E-state index in [1.54, 1.807) is 24.2 Å². The molecular formula is C18H22N2O2S. The predicted molar refractivity (Wildman–Crippen MR) is 94.0 cm³/mol. The molecule has 0 saturated carbocycles. The Balaban J connectivity index is 1.68. The minimum atomic E-state index is -0.559. The number of rotatable bonds is 8. The van der Waals surface area contributed by atoms with Crippen LogP contribution in [-0.4, -0.2) is 27.8 Å². The van der Waals surface area contributed by atoms with E-state index in [4.69, 9.17) is 0 Å². The van der Waals surface area contributed by atoms with Crippen molar-refractivity contribution in [2.75, 3.05) is 5.75 Å². The molecule has 4 nitrogen and oxygen atoms in total. The molecule has 0 saturated heterocycles. The molecule has 0 fully saturated rings. The molecule has 1 aromatic heterocycles. The van der Waals surface area contributed by atoms with Gasteiger partial charge in [0, 0.05) is 24.2 Å². The maximum absolute atomic E-state index is 11.9. The maximum Gasteiger partial charge on any atom is 0.230 e. The highest BCUT2D eigenvalue weighted by Crippen LogP contribution is 2.18. The van der Waals surface area contributed by atoms with Gasteiger partial charge in [0.1, 0.15) is 0 Å². The first kappa shape index (κ1) is 17.5. The fourth-order valence-electron chi connectivity index (χ4n) is 2.26. The van der Waals surface area contributed by atoms with Gasteiger partial charge in [-0.3, -0.25) is 9.78 Å². The van der Waals surface area contributed by atoms with Gasteiger partial charge in [0.05, 0.1) is 11.9 Å². The van der Waals surface area contributed by atoms with Gasteiger partial charge in [-0.1, -0.05) is 30.3 Å². The minimum Gasteiger partial charge on any atom is -0.388 e. The molecule has 0 spiro atoms. The third-order valence-corrected chi connectivity index (χ3v) is 4.42. The lowest BCUT2D eigenvalue weighted by atomic mass is 10.0. The van der Waals surface area contributed by atoms with Crippen molar-refractivity contribution in [3.8, 4) is 0 Å². The molecule has 0 radical (unpaired) electrons. The molecular weight excluding hydrogens is 308 g/mol. The summed E-state index contributed by atoms with van der Waals surface area (Å²) in [7, 11) is 0. The highest BCUT2D eigenvalue weighted by molar-refractivity contribution is 7.99. The van der Waals surface area contributed by atoms with Crippen LogP contribution in [0.2, 0.25) is 0 Å². The molecule has 0 aliphatic heterocycles. The van der Waals surface area contributed by atoms with Crippen LogP contribution in [0.3, 0.4) is 0 Å². The van der Waals surface area contributed by atoms with Crippen molar-refractivity contribution in [3.63, 3.8) is 0 Å². The molecule has 1 amide bonds. The second-order valence-corrected chi connectivity index (χ2v) is 6.46. The fraction of sp³-hybridized carbons (Fsp3) is 0.333. The number of carbonyl (C=O) groups is 1. The summed E-state index contributed by atoms with van der Waals surface area (Å²) in [6.07, 6.45) is 3.45. The number of benzene rings is 1. The molecule has 2 atom stereocenters. The summed E-state index contributed by atoms with van der Waals surface area (Å²) in [6, 6.07) is 13.3. The number of hydrogen-bond donors (Lipinski definition) is 2. The third-order valence-electron chi connectivity index (χ3n) is 3.42. The number of aliphatic hydroxyl groups is 1. The number of nitrogens with one attached hydrogen (secondary N) is 1. The molecule has 0 aliphatic rings. The molecule has 5 heteroatoms. The number of carbonyl (C=O) groups excluding carboxylic acids is 1. The molecule has 0 bridgehead atoms. The number of hydrogen-bond acceptors (Lipinski definition) is 4. The Labute approximate surface area is 141 Å². The Hall–Kier alpha value is -1.85. The van der Waals surface area contributed by atoms with Crippen molar-refractivity contribution < 1.29 is 9.90 Å². The summed E-state index contributed by atoms with van der Waals surface area (Å²) in [5.74, 6) is 1.20. The first-order chi connectivity index (χ1) is 11.1. The lowest BCUT2D eigenvalue weighted by Crippen LogP contribution is -2.35. The van der Waals surface area contributed by atoms with E-state index < -0.39 is 6.10 Å². The zero-order valence-corrected chi connectivity index (χ0v) is 14.0. The fourth-order valence-corrected chi connectivity index (χ4v) is 3.06. The van der Waals surface area contributed by atoms with Crippen LogP contribution in [0.15, 0.2) is 54.9 Å². The van der Waals surface area contributed by atoms with E-state index in [1.165, 1.54) is 0 Å². The van der Waals surface area contributed by atoms with Crippen LogP contribution in [0, 0.1) is 0 Å². The van der Waals surface area contributed by atoms with Gasteiger partial charge in [0.15, 0.2) is 0 Å². The smallest absolute Gasteiger partial charge is 0.230 e. The largest absolute Gasteiger partial charge is 0.388 e. The van der Waals surface area contributed by atoms with Gasteiger partial charge >= 0.3 is 0 Å². The number of aromatic nitrogens is 1. The molecule has 122 valence electrons. The molecule has 0 aliphatic carbocycles. The molecule has 1 aromatic carbocycles. The van der Waals surface area contributed by atoms with Gasteiger partial charge in [-0.05, 0) is 36.6 Å². The van der Waals surface area contributed by atoms with Gasteiger partial charge in [-0.2, -0.15) is 0 Å². The highest BCUT2D eigenvalue weighted by Gasteiger charge is 2.14. The van der Waals surface area contributed by atoms with Crippen LogP contribution < -0.4 is 5.32 Å². The van der Waals surface area contributed by atoms with Crippen molar-refractivity contribution in [1.82, 2.24) is 10.3 Å². The van der Waals surface area contributed by atoms with Crippen LogP contribution in [0.5, 0.6) is 0 Å². The monoisotopic (exact) mass is 330 g/mol. The topological polar surface area (TPSA) is 62.2 Å². The van der Waals surface area contributed by atoms with E-state index in [-0.39, 0.29) is 11.9 Å². The Kier molecular flexibility index (Phi) is 7.10. The average Bonchev–Trinajstić information content (AvgIpc) is 2.56. The van der Waals surface area contributed by atoms with Crippen LogP contribution in [-0.2, 0) is 10.5 Å². The maximum atomic E-state index is 11.9. The molecule has 2 rings (SSSR count). The molecule has 2 unspecified atom stereocenters.